The SMILES string of the molecule is Cc1ccc(/C(F)=C(F)/C(F)=C(F)/C(F)=C(\F)c2ccc(OC3CCCCC3)cc2)cc1. The van der Waals surface area contributed by atoms with E-state index in [1.807, 2.05) is 0 Å². The molecule has 170 valence electrons. The Morgan fingerprint density at radius 1 is 0.625 bits per heavy atom. The number of aryl methyl sites for hydroxylation is 1. The minimum atomic E-state index is -2.47. The number of ether oxygens (including phenoxy) is 1. The molecule has 1 aliphatic carbocycles. The molecule has 0 atom stereocenters. The zero-order valence-corrected chi connectivity index (χ0v) is 17.4. The zero-order chi connectivity index (χ0) is 23.3. The van der Waals surface area contributed by atoms with Crippen LogP contribution in [0, 0.1) is 6.92 Å². The van der Waals surface area contributed by atoms with Crippen molar-refractivity contribution < 1.29 is 31.1 Å². The summed E-state index contributed by atoms with van der Waals surface area (Å²) in [6.07, 6.45) is 5.10. The Bertz CT molecular complexity index is 1030. The average Bonchev–Trinajstić information content (AvgIpc) is 2.83. The number of rotatable bonds is 6. The molecule has 1 nitrogen and oxygen atoms in total. The first-order valence-corrected chi connectivity index (χ1v) is 10.3. The van der Waals surface area contributed by atoms with Gasteiger partial charge in [0.2, 0.25) is 11.7 Å². The molecule has 7 heteroatoms. The van der Waals surface area contributed by atoms with Gasteiger partial charge in [-0.1, -0.05) is 36.2 Å². The first kappa shape index (κ1) is 23.7. The summed E-state index contributed by atoms with van der Waals surface area (Å²) < 4.78 is 90.5. The highest BCUT2D eigenvalue weighted by Crippen LogP contribution is 2.35. The largest absolute Gasteiger partial charge is 0.490 e. The van der Waals surface area contributed by atoms with Crippen molar-refractivity contribution in [1.29, 1.82) is 0 Å². The lowest BCUT2D eigenvalue weighted by molar-refractivity contribution is 0.155. The lowest BCUT2D eigenvalue weighted by Crippen LogP contribution is -2.19. The lowest BCUT2D eigenvalue weighted by Gasteiger charge is -2.23. The van der Waals surface area contributed by atoms with Crippen molar-refractivity contribution in [3.05, 3.63) is 88.5 Å². The van der Waals surface area contributed by atoms with E-state index in [-0.39, 0.29) is 11.7 Å². The van der Waals surface area contributed by atoms with Crippen LogP contribution in [0.25, 0.3) is 11.7 Å². The number of hydrogen-bond donors (Lipinski definition) is 0. The van der Waals surface area contributed by atoms with E-state index < -0.39 is 40.5 Å². The Hall–Kier alpha value is -2.96. The van der Waals surface area contributed by atoms with E-state index in [0.29, 0.717) is 5.75 Å². The number of halogens is 6. The number of allylic oxidation sites excluding steroid dienone is 4. The van der Waals surface area contributed by atoms with Gasteiger partial charge in [-0.15, -0.1) is 0 Å². The van der Waals surface area contributed by atoms with E-state index >= 15 is 0 Å². The van der Waals surface area contributed by atoms with Crippen LogP contribution in [0.3, 0.4) is 0 Å². The molecule has 0 heterocycles. The minimum Gasteiger partial charge on any atom is -0.490 e. The molecule has 0 bridgehead atoms. The van der Waals surface area contributed by atoms with Crippen LogP contribution in [0.4, 0.5) is 26.3 Å². The molecule has 0 aromatic heterocycles. The molecule has 0 spiro atoms. The Labute approximate surface area is 182 Å². The molecule has 2 aromatic rings. The molecule has 1 aliphatic rings. The molecule has 1 fully saturated rings. The summed E-state index contributed by atoms with van der Waals surface area (Å²) in [6.45, 7) is 1.69. The lowest BCUT2D eigenvalue weighted by atomic mass is 9.98. The van der Waals surface area contributed by atoms with Gasteiger partial charge in [0, 0.05) is 11.1 Å². The Kier molecular flexibility index (Phi) is 7.83. The van der Waals surface area contributed by atoms with Crippen LogP contribution in [-0.4, -0.2) is 6.10 Å². The first-order valence-electron chi connectivity index (χ1n) is 10.3. The molecule has 2 aromatic carbocycles. The summed E-state index contributed by atoms with van der Waals surface area (Å²) in [5.74, 6) is -12.5. The average molecular weight is 452 g/mol. The second kappa shape index (κ2) is 10.6. The fourth-order valence-corrected chi connectivity index (χ4v) is 3.39. The fraction of sp³-hybridized carbons (Fsp3) is 0.280. The summed E-state index contributed by atoms with van der Waals surface area (Å²) >= 11 is 0. The van der Waals surface area contributed by atoms with Crippen LogP contribution >= 0.6 is 0 Å². The van der Waals surface area contributed by atoms with Gasteiger partial charge in [0.1, 0.15) is 5.75 Å². The summed E-state index contributed by atoms with van der Waals surface area (Å²) in [4.78, 5) is 0. The van der Waals surface area contributed by atoms with E-state index in [1.54, 1.807) is 6.92 Å². The van der Waals surface area contributed by atoms with Crippen molar-refractivity contribution in [2.45, 2.75) is 45.1 Å². The van der Waals surface area contributed by atoms with Gasteiger partial charge in [-0.25, -0.2) is 26.3 Å². The van der Waals surface area contributed by atoms with Crippen LogP contribution in [0.1, 0.15) is 48.8 Å². The monoisotopic (exact) mass is 452 g/mol. The van der Waals surface area contributed by atoms with Crippen molar-refractivity contribution in [3.63, 3.8) is 0 Å². The summed E-state index contributed by atoms with van der Waals surface area (Å²) in [5, 5.41) is 0. The summed E-state index contributed by atoms with van der Waals surface area (Å²) in [7, 11) is 0. The van der Waals surface area contributed by atoms with Gasteiger partial charge in [0.05, 0.1) is 6.10 Å². The second-order valence-electron chi connectivity index (χ2n) is 7.65. The molecule has 0 amide bonds. The van der Waals surface area contributed by atoms with Gasteiger partial charge < -0.3 is 4.74 Å². The van der Waals surface area contributed by atoms with Crippen LogP contribution in [0.15, 0.2) is 71.8 Å². The van der Waals surface area contributed by atoms with Crippen molar-refractivity contribution >= 4 is 11.7 Å². The Morgan fingerprint density at radius 2 is 1.06 bits per heavy atom. The predicted molar refractivity (Wildman–Crippen MR) is 113 cm³/mol. The van der Waals surface area contributed by atoms with Crippen molar-refractivity contribution in [2.75, 3.05) is 0 Å². The maximum Gasteiger partial charge on any atom is 0.200 e. The van der Waals surface area contributed by atoms with Crippen LogP contribution in [0.2, 0.25) is 0 Å². The normalized spacial score (nSPS) is 17.3. The minimum absolute atomic E-state index is 0.0411. The van der Waals surface area contributed by atoms with Crippen molar-refractivity contribution in [3.8, 4) is 5.75 Å². The third-order valence-electron chi connectivity index (χ3n) is 5.23. The molecular weight excluding hydrogens is 430 g/mol. The molecule has 3 rings (SSSR count). The highest BCUT2D eigenvalue weighted by molar-refractivity contribution is 5.68. The van der Waals surface area contributed by atoms with E-state index in [9.17, 15) is 26.3 Å². The van der Waals surface area contributed by atoms with Gasteiger partial charge in [0.25, 0.3) is 0 Å². The third-order valence-corrected chi connectivity index (χ3v) is 5.23. The van der Waals surface area contributed by atoms with Crippen LogP contribution < -0.4 is 4.74 Å². The zero-order valence-electron chi connectivity index (χ0n) is 17.4. The van der Waals surface area contributed by atoms with Gasteiger partial charge in [-0.3, -0.25) is 0 Å². The number of benzene rings is 2. The molecule has 0 radical (unpaired) electrons. The van der Waals surface area contributed by atoms with Crippen molar-refractivity contribution in [1.82, 2.24) is 0 Å². The second-order valence-corrected chi connectivity index (χ2v) is 7.65. The van der Waals surface area contributed by atoms with Crippen LogP contribution in [0.5, 0.6) is 5.75 Å². The summed E-state index contributed by atoms with van der Waals surface area (Å²) in [5.41, 5.74) is -0.0327. The quantitative estimate of drug-likeness (QED) is 0.314. The topological polar surface area (TPSA) is 9.23 Å². The molecule has 0 N–H and O–H groups in total. The van der Waals surface area contributed by atoms with E-state index in [1.165, 1.54) is 24.3 Å². The van der Waals surface area contributed by atoms with E-state index in [4.69, 9.17) is 4.74 Å². The maximum absolute atomic E-state index is 14.4. The van der Waals surface area contributed by atoms with Gasteiger partial charge in [0.15, 0.2) is 23.3 Å². The molecule has 0 unspecified atom stereocenters. The molecule has 0 aliphatic heterocycles. The molecular formula is C25H22F6O. The molecule has 1 saturated carbocycles. The maximum atomic E-state index is 14.4. The fourth-order valence-electron chi connectivity index (χ4n) is 3.39. The standard InChI is InChI=1S/C25H22F6O/c1-15-7-9-16(10-8-15)20(26)22(28)24(30)25(31)23(29)21(27)17-11-13-19(14-12-17)32-18-5-3-2-4-6-18/h7-14,18H,2-6H2,1H3/b22-20+,23-21+,25-24+. The predicted octanol–water partition coefficient (Wildman–Crippen LogP) is 8.77. The van der Waals surface area contributed by atoms with E-state index in [0.717, 1.165) is 61.9 Å². The van der Waals surface area contributed by atoms with Crippen molar-refractivity contribution in [2.24, 2.45) is 0 Å². The van der Waals surface area contributed by atoms with Gasteiger partial charge >= 0.3 is 0 Å². The highest BCUT2D eigenvalue weighted by Gasteiger charge is 2.24. The smallest absolute Gasteiger partial charge is 0.200 e. The Morgan fingerprint density at radius 3 is 1.53 bits per heavy atom. The van der Waals surface area contributed by atoms with Crippen LogP contribution in [-0.2, 0) is 0 Å². The van der Waals surface area contributed by atoms with Gasteiger partial charge in [-0.05, 0) is 56.9 Å². The molecule has 0 saturated heterocycles. The number of hydrogen-bond acceptors (Lipinski definition) is 1. The molecule has 32 heavy (non-hydrogen) atoms. The van der Waals surface area contributed by atoms with E-state index in [2.05, 4.69) is 0 Å². The summed E-state index contributed by atoms with van der Waals surface area (Å²) in [6, 6.07) is 10.2. The Balaban J connectivity index is 1.82. The van der Waals surface area contributed by atoms with Gasteiger partial charge in [-0.2, -0.15) is 0 Å². The first-order chi connectivity index (χ1) is 15.3. The third kappa shape index (κ3) is 5.64. The highest BCUT2D eigenvalue weighted by atomic mass is 19.2.